The first kappa shape index (κ1) is 8.97. The van der Waals surface area contributed by atoms with Crippen molar-refractivity contribution in [2.24, 2.45) is 0 Å². The average Bonchev–Trinajstić information content (AvgIpc) is 1.85. The molecule has 1 heterocycles. The molecule has 3 nitrogen and oxygen atoms in total. The summed E-state index contributed by atoms with van der Waals surface area (Å²) in [6.07, 6.45) is 2.99. The van der Waals surface area contributed by atoms with Crippen LogP contribution in [-0.2, 0) is 4.74 Å². The lowest BCUT2D eigenvalue weighted by molar-refractivity contribution is -0.0436. The Morgan fingerprint density at radius 1 is 1.18 bits per heavy atom. The number of hydrogen-bond donors (Lipinski definition) is 2. The molecular weight excluding hydrogens is 140 g/mol. The fraction of sp³-hybridized carbons (Fsp3) is 1.00. The Bertz CT molecular complexity index is 109. The lowest BCUT2D eigenvalue weighted by atomic mass is 10.0. The molecule has 3 heteroatoms. The van der Waals surface area contributed by atoms with E-state index in [2.05, 4.69) is 24.7 Å². The van der Waals surface area contributed by atoms with E-state index in [1.807, 2.05) is 7.05 Å². The monoisotopic (exact) mass is 158 g/mol. The molecule has 0 aliphatic carbocycles. The van der Waals surface area contributed by atoms with Gasteiger partial charge in [0.2, 0.25) is 0 Å². The van der Waals surface area contributed by atoms with Crippen LogP contribution in [-0.4, -0.2) is 25.3 Å². The van der Waals surface area contributed by atoms with E-state index in [1.165, 1.54) is 0 Å². The zero-order chi connectivity index (χ0) is 8.27. The van der Waals surface area contributed by atoms with Crippen molar-refractivity contribution in [2.45, 2.75) is 44.9 Å². The maximum Gasteiger partial charge on any atom is 0.0566 e. The van der Waals surface area contributed by atoms with E-state index in [0.29, 0.717) is 18.2 Å². The molecule has 1 rings (SSSR count). The van der Waals surface area contributed by atoms with Crippen molar-refractivity contribution in [1.82, 2.24) is 10.9 Å². The summed E-state index contributed by atoms with van der Waals surface area (Å²) in [6, 6.07) is 0.568. The summed E-state index contributed by atoms with van der Waals surface area (Å²) in [5.41, 5.74) is 6.19. The summed E-state index contributed by atoms with van der Waals surface area (Å²) >= 11 is 0. The Hall–Kier alpha value is -0.120. The minimum absolute atomic E-state index is 0.393. The van der Waals surface area contributed by atoms with Crippen LogP contribution in [0.1, 0.15) is 26.7 Å². The lowest BCUT2D eigenvalue weighted by Gasteiger charge is -2.32. The second-order valence-electron chi connectivity index (χ2n) is 3.32. The van der Waals surface area contributed by atoms with Gasteiger partial charge in [0.1, 0.15) is 0 Å². The lowest BCUT2D eigenvalue weighted by Crippen LogP contribution is -2.45. The number of ether oxygens (including phenoxy) is 1. The van der Waals surface area contributed by atoms with E-state index in [4.69, 9.17) is 4.74 Å². The SMILES string of the molecule is CNN[C@@H]1C[C@@H](C)O[C@@H](C)C1. The summed E-state index contributed by atoms with van der Waals surface area (Å²) in [4.78, 5) is 0. The van der Waals surface area contributed by atoms with Crippen molar-refractivity contribution in [3.63, 3.8) is 0 Å². The van der Waals surface area contributed by atoms with Crippen LogP contribution in [0.3, 0.4) is 0 Å². The number of rotatable bonds is 2. The van der Waals surface area contributed by atoms with Gasteiger partial charge >= 0.3 is 0 Å². The van der Waals surface area contributed by atoms with Crippen molar-refractivity contribution >= 4 is 0 Å². The molecule has 0 unspecified atom stereocenters. The first-order valence-electron chi connectivity index (χ1n) is 4.30. The highest BCUT2D eigenvalue weighted by molar-refractivity contribution is 4.76. The van der Waals surface area contributed by atoms with Crippen molar-refractivity contribution in [2.75, 3.05) is 7.05 Å². The first-order chi connectivity index (χ1) is 5.22. The van der Waals surface area contributed by atoms with E-state index in [9.17, 15) is 0 Å². The predicted molar refractivity (Wildman–Crippen MR) is 45.2 cm³/mol. The molecule has 0 aromatic carbocycles. The molecule has 0 aromatic heterocycles. The van der Waals surface area contributed by atoms with E-state index < -0.39 is 0 Å². The third-order valence-corrected chi connectivity index (χ3v) is 2.05. The number of nitrogens with one attached hydrogen (secondary N) is 2. The molecule has 0 amide bonds. The molecule has 1 aliphatic rings. The minimum Gasteiger partial charge on any atom is -0.375 e. The van der Waals surface area contributed by atoms with Crippen molar-refractivity contribution < 1.29 is 4.74 Å². The Kier molecular flexibility index (Phi) is 3.30. The molecule has 1 fully saturated rings. The van der Waals surface area contributed by atoms with E-state index in [0.717, 1.165) is 12.8 Å². The fourth-order valence-electron chi connectivity index (χ4n) is 1.73. The molecule has 0 aromatic rings. The summed E-state index contributed by atoms with van der Waals surface area (Å²) in [5, 5.41) is 0. The quantitative estimate of drug-likeness (QED) is 0.579. The van der Waals surface area contributed by atoms with Crippen LogP contribution in [0.4, 0.5) is 0 Å². The molecule has 11 heavy (non-hydrogen) atoms. The van der Waals surface area contributed by atoms with Gasteiger partial charge in [0, 0.05) is 6.04 Å². The highest BCUT2D eigenvalue weighted by atomic mass is 16.5. The van der Waals surface area contributed by atoms with E-state index in [-0.39, 0.29) is 0 Å². The molecule has 1 saturated heterocycles. The highest BCUT2D eigenvalue weighted by Crippen LogP contribution is 2.18. The third-order valence-electron chi connectivity index (χ3n) is 2.05. The van der Waals surface area contributed by atoms with Crippen LogP contribution in [0.2, 0.25) is 0 Å². The molecule has 0 spiro atoms. The van der Waals surface area contributed by atoms with Gasteiger partial charge in [-0.15, -0.1) is 0 Å². The Labute approximate surface area is 68.5 Å². The minimum atomic E-state index is 0.393. The summed E-state index contributed by atoms with van der Waals surface area (Å²) in [7, 11) is 1.91. The largest absolute Gasteiger partial charge is 0.375 e. The van der Waals surface area contributed by atoms with Gasteiger partial charge in [0.05, 0.1) is 12.2 Å². The molecule has 2 N–H and O–H groups in total. The standard InChI is InChI=1S/C8H18N2O/c1-6-4-8(10-9-3)5-7(2)11-6/h6-10H,4-5H2,1-3H3/t6-,7+,8-. The molecule has 1 aliphatic heterocycles. The normalized spacial score (nSPS) is 39.0. The molecule has 0 saturated carbocycles. The smallest absolute Gasteiger partial charge is 0.0566 e. The van der Waals surface area contributed by atoms with Crippen LogP contribution in [0.5, 0.6) is 0 Å². The second kappa shape index (κ2) is 4.04. The Morgan fingerprint density at radius 2 is 1.73 bits per heavy atom. The second-order valence-corrected chi connectivity index (χ2v) is 3.32. The maximum atomic E-state index is 5.59. The summed E-state index contributed by atoms with van der Waals surface area (Å²) in [6.45, 7) is 4.25. The predicted octanol–water partition coefficient (Wildman–Crippen LogP) is 0.666. The van der Waals surface area contributed by atoms with Gasteiger partial charge in [0.15, 0.2) is 0 Å². The summed E-state index contributed by atoms with van der Waals surface area (Å²) < 4.78 is 5.59. The van der Waals surface area contributed by atoms with Crippen LogP contribution >= 0.6 is 0 Å². The van der Waals surface area contributed by atoms with Gasteiger partial charge in [0.25, 0.3) is 0 Å². The molecule has 66 valence electrons. The molecular formula is C8H18N2O. The fourth-order valence-corrected chi connectivity index (χ4v) is 1.73. The van der Waals surface area contributed by atoms with Gasteiger partial charge in [-0.25, -0.2) is 0 Å². The van der Waals surface area contributed by atoms with Gasteiger partial charge in [-0.05, 0) is 33.7 Å². The molecule has 0 bridgehead atoms. The Balaban J connectivity index is 2.30. The van der Waals surface area contributed by atoms with E-state index in [1.54, 1.807) is 0 Å². The molecule has 0 radical (unpaired) electrons. The van der Waals surface area contributed by atoms with E-state index >= 15 is 0 Å². The van der Waals surface area contributed by atoms with Crippen molar-refractivity contribution in [1.29, 1.82) is 0 Å². The number of hydrogen-bond acceptors (Lipinski definition) is 3. The first-order valence-corrected chi connectivity index (χ1v) is 4.30. The zero-order valence-electron chi connectivity index (χ0n) is 7.55. The number of hydrazine groups is 1. The Morgan fingerprint density at radius 3 is 2.18 bits per heavy atom. The molecule has 3 atom stereocenters. The van der Waals surface area contributed by atoms with Gasteiger partial charge in [-0.3, -0.25) is 10.9 Å². The van der Waals surface area contributed by atoms with Crippen molar-refractivity contribution in [3.8, 4) is 0 Å². The van der Waals surface area contributed by atoms with Gasteiger partial charge < -0.3 is 4.74 Å². The summed E-state index contributed by atoms with van der Waals surface area (Å²) in [5.74, 6) is 0. The maximum absolute atomic E-state index is 5.59. The van der Waals surface area contributed by atoms with Crippen molar-refractivity contribution in [3.05, 3.63) is 0 Å². The average molecular weight is 158 g/mol. The van der Waals surface area contributed by atoms with Gasteiger partial charge in [-0.1, -0.05) is 0 Å². The van der Waals surface area contributed by atoms with Crippen LogP contribution in [0, 0.1) is 0 Å². The topological polar surface area (TPSA) is 33.3 Å². The van der Waals surface area contributed by atoms with Gasteiger partial charge in [-0.2, -0.15) is 0 Å². The zero-order valence-corrected chi connectivity index (χ0v) is 7.55. The van der Waals surface area contributed by atoms with Crippen LogP contribution < -0.4 is 10.9 Å². The third kappa shape index (κ3) is 2.77. The van der Waals surface area contributed by atoms with Crippen LogP contribution in [0.25, 0.3) is 0 Å². The highest BCUT2D eigenvalue weighted by Gasteiger charge is 2.23. The van der Waals surface area contributed by atoms with Crippen LogP contribution in [0.15, 0.2) is 0 Å².